The summed E-state index contributed by atoms with van der Waals surface area (Å²) in [6, 6.07) is 5.74. The van der Waals surface area contributed by atoms with Crippen molar-refractivity contribution >= 4 is 29.0 Å². The van der Waals surface area contributed by atoms with Gasteiger partial charge in [0.05, 0.1) is 5.56 Å². The third kappa shape index (κ3) is 3.17. The molecular weight excluding hydrogens is 337 g/mol. The van der Waals surface area contributed by atoms with Crippen LogP contribution >= 0.6 is 23.4 Å². The first-order valence-corrected chi connectivity index (χ1v) is 7.45. The lowest BCUT2D eigenvalue weighted by molar-refractivity contribution is -0.137. The quantitative estimate of drug-likeness (QED) is 0.530. The maximum atomic E-state index is 12.8. The van der Waals surface area contributed by atoms with Crippen LogP contribution in [0.2, 0.25) is 5.15 Å². The van der Waals surface area contributed by atoms with Gasteiger partial charge in [0.1, 0.15) is 5.15 Å². The van der Waals surface area contributed by atoms with Gasteiger partial charge in [0.2, 0.25) is 0 Å². The number of nitrogens with zero attached hydrogens (tertiary/aromatic N) is 4. The van der Waals surface area contributed by atoms with E-state index < -0.39 is 11.7 Å². The van der Waals surface area contributed by atoms with Crippen LogP contribution in [0.5, 0.6) is 0 Å². The van der Waals surface area contributed by atoms with Crippen molar-refractivity contribution in [3.05, 3.63) is 52.9 Å². The molecule has 0 fully saturated rings. The highest BCUT2D eigenvalue weighted by atomic mass is 35.5. The summed E-state index contributed by atoms with van der Waals surface area (Å²) in [5, 5.41) is 8.54. The van der Waals surface area contributed by atoms with E-state index in [0.29, 0.717) is 21.7 Å². The van der Waals surface area contributed by atoms with Crippen molar-refractivity contribution in [2.24, 2.45) is 0 Å². The van der Waals surface area contributed by atoms with Gasteiger partial charge in [0.25, 0.3) is 0 Å². The molecule has 4 nitrogen and oxygen atoms in total. The minimum atomic E-state index is -4.40. The van der Waals surface area contributed by atoms with E-state index in [1.54, 1.807) is 18.3 Å². The van der Waals surface area contributed by atoms with Crippen LogP contribution in [0.25, 0.3) is 5.65 Å². The summed E-state index contributed by atoms with van der Waals surface area (Å²) in [6.45, 7) is 0. The number of halogens is 4. The predicted octanol–water partition coefficient (Wildman–Crippen LogP) is 4.09. The molecule has 0 aliphatic carbocycles. The number of rotatable bonds is 3. The Hall–Kier alpha value is -1.80. The van der Waals surface area contributed by atoms with Gasteiger partial charge in [-0.2, -0.15) is 13.2 Å². The molecule has 3 rings (SSSR count). The molecule has 0 N–H and O–H groups in total. The molecule has 22 heavy (non-hydrogen) atoms. The van der Waals surface area contributed by atoms with Crippen LogP contribution < -0.4 is 0 Å². The summed E-state index contributed by atoms with van der Waals surface area (Å²) < 4.78 is 39.6. The smallest absolute Gasteiger partial charge is 0.277 e. The summed E-state index contributed by atoms with van der Waals surface area (Å²) in [4.78, 5) is 3.95. The minimum absolute atomic E-state index is 0.365. The van der Waals surface area contributed by atoms with Crippen molar-refractivity contribution in [3.63, 3.8) is 0 Å². The highest BCUT2D eigenvalue weighted by Gasteiger charge is 2.31. The molecule has 3 aromatic heterocycles. The van der Waals surface area contributed by atoms with Gasteiger partial charge in [0.15, 0.2) is 10.8 Å². The van der Waals surface area contributed by atoms with Gasteiger partial charge in [-0.1, -0.05) is 29.4 Å². The summed E-state index contributed by atoms with van der Waals surface area (Å²) in [6.07, 6.45) is -1.79. The van der Waals surface area contributed by atoms with Crippen LogP contribution in [0.4, 0.5) is 13.2 Å². The molecule has 3 heterocycles. The van der Waals surface area contributed by atoms with E-state index in [0.717, 1.165) is 17.8 Å². The Balaban J connectivity index is 1.85. The van der Waals surface area contributed by atoms with Gasteiger partial charge in [-0.15, -0.1) is 10.2 Å². The number of hydrogen-bond acceptors (Lipinski definition) is 4. The van der Waals surface area contributed by atoms with Crippen LogP contribution in [0.3, 0.4) is 0 Å². The molecule has 0 saturated carbocycles. The molecule has 9 heteroatoms. The highest BCUT2D eigenvalue weighted by Crippen LogP contribution is 2.30. The molecule has 0 saturated heterocycles. The van der Waals surface area contributed by atoms with Crippen molar-refractivity contribution in [2.45, 2.75) is 17.1 Å². The zero-order chi connectivity index (χ0) is 15.7. The van der Waals surface area contributed by atoms with Crippen LogP contribution in [0.15, 0.2) is 41.8 Å². The third-order valence-electron chi connectivity index (χ3n) is 2.85. The van der Waals surface area contributed by atoms with E-state index in [1.165, 1.54) is 22.2 Å². The van der Waals surface area contributed by atoms with Crippen LogP contribution in [0, 0.1) is 0 Å². The SMILES string of the molecule is FC(F)(F)c1ccc2nnc(SCc3ccc(Cl)nc3)n2c1. The van der Waals surface area contributed by atoms with Crippen molar-refractivity contribution < 1.29 is 13.2 Å². The van der Waals surface area contributed by atoms with Crippen molar-refractivity contribution in [3.8, 4) is 0 Å². The van der Waals surface area contributed by atoms with E-state index in [2.05, 4.69) is 15.2 Å². The van der Waals surface area contributed by atoms with E-state index in [4.69, 9.17) is 11.6 Å². The second-order valence-corrected chi connectivity index (χ2v) is 5.73. The zero-order valence-electron chi connectivity index (χ0n) is 10.9. The number of thioether (sulfide) groups is 1. The average Bonchev–Trinajstić information content (AvgIpc) is 2.88. The summed E-state index contributed by atoms with van der Waals surface area (Å²) in [5.74, 6) is 0.501. The molecule has 114 valence electrons. The Morgan fingerprint density at radius 3 is 2.64 bits per heavy atom. The Bertz CT molecular complexity index is 801. The lowest BCUT2D eigenvalue weighted by atomic mass is 10.3. The number of aromatic nitrogens is 4. The van der Waals surface area contributed by atoms with Crippen molar-refractivity contribution in [1.82, 2.24) is 19.6 Å². The van der Waals surface area contributed by atoms with Gasteiger partial charge < -0.3 is 0 Å². The Labute approximate surface area is 132 Å². The predicted molar refractivity (Wildman–Crippen MR) is 76.8 cm³/mol. The summed E-state index contributed by atoms with van der Waals surface area (Å²) in [5.41, 5.74) is 0.512. The molecule has 0 unspecified atom stereocenters. The highest BCUT2D eigenvalue weighted by molar-refractivity contribution is 7.98. The van der Waals surface area contributed by atoms with E-state index in [1.807, 2.05) is 0 Å². The van der Waals surface area contributed by atoms with E-state index in [-0.39, 0.29) is 0 Å². The first-order chi connectivity index (χ1) is 10.4. The lowest BCUT2D eigenvalue weighted by Gasteiger charge is -2.07. The summed E-state index contributed by atoms with van der Waals surface area (Å²) >= 11 is 6.97. The zero-order valence-corrected chi connectivity index (χ0v) is 12.5. The second kappa shape index (κ2) is 5.77. The molecule has 0 atom stereocenters. The number of alkyl halides is 3. The molecule has 0 aromatic carbocycles. The third-order valence-corrected chi connectivity index (χ3v) is 4.09. The maximum Gasteiger partial charge on any atom is 0.417 e. The molecule has 0 aliphatic rings. The minimum Gasteiger partial charge on any atom is -0.277 e. The van der Waals surface area contributed by atoms with Crippen molar-refractivity contribution in [2.75, 3.05) is 0 Å². The number of hydrogen-bond donors (Lipinski definition) is 0. The molecular formula is C13H8ClF3N4S. The average molecular weight is 345 g/mol. The second-order valence-electron chi connectivity index (χ2n) is 4.40. The molecule has 0 spiro atoms. The fourth-order valence-corrected chi connectivity index (χ4v) is 2.74. The van der Waals surface area contributed by atoms with Gasteiger partial charge in [-0.3, -0.25) is 4.40 Å². The molecule has 0 aliphatic heterocycles. The largest absolute Gasteiger partial charge is 0.417 e. The standard InChI is InChI=1S/C13H8ClF3N4S/c14-10-3-1-8(5-18-10)7-22-12-20-19-11-4-2-9(6-21(11)12)13(15,16)17/h1-6H,7H2. The molecule has 0 radical (unpaired) electrons. The molecule has 3 aromatic rings. The van der Waals surface area contributed by atoms with Gasteiger partial charge in [0, 0.05) is 18.1 Å². The monoisotopic (exact) mass is 344 g/mol. The van der Waals surface area contributed by atoms with Crippen LogP contribution in [-0.2, 0) is 11.9 Å². The number of pyridine rings is 2. The Kier molecular flexibility index (Phi) is 3.96. The topological polar surface area (TPSA) is 43.1 Å². The Morgan fingerprint density at radius 2 is 1.95 bits per heavy atom. The summed E-state index contributed by atoms with van der Waals surface area (Å²) in [7, 11) is 0. The Morgan fingerprint density at radius 1 is 1.14 bits per heavy atom. The van der Waals surface area contributed by atoms with Gasteiger partial charge >= 0.3 is 6.18 Å². The number of fused-ring (bicyclic) bond motifs is 1. The van der Waals surface area contributed by atoms with Crippen LogP contribution in [-0.4, -0.2) is 19.6 Å². The van der Waals surface area contributed by atoms with E-state index >= 15 is 0 Å². The fourth-order valence-electron chi connectivity index (χ4n) is 1.78. The van der Waals surface area contributed by atoms with Crippen molar-refractivity contribution in [1.29, 1.82) is 0 Å². The van der Waals surface area contributed by atoms with Crippen LogP contribution in [0.1, 0.15) is 11.1 Å². The maximum absolute atomic E-state index is 12.8. The van der Waals surface area contributed by atoms with E-state index in [9.17, 15) is 13.2 Å². The molecule has 0 bridgehead atoms. The van der Waals surface area contributed by atoms with Gasteiger partial charge in [-0.25, -0.2) is 4.98 Å². The normalized spacial score (nSPS) is 12.0. The first-order valence-electron chi connectivity index (χ1n) is 6.09. The fraction of sp³-hybridized carbons (Fsp3) is 0.154. The lowest BCUT2D eigenvalue weighted by Crippen LogP contribution is -2.06. The first kappa shape index (κ1) is 15.1. The van der Waals surface area contributed by atoms with Gasteiger partial charge in [-0.05, 0) is 23.8 Å². The molecule has 0 amide bonds.